The van der Waals surface area contributed by atoms with Crippen LogP contribution in [0.3, 0.4) is 0 Å². The highest BCUT2D eigenvalue weighted by atomic mass is 32.2. The summed E-state index contributed by atoms with van der Waals surface area (Å²) in [5, 5.41) is 0. The monoisotopic (exact) mass is 330 g/mol. The predicted molar refractivity (Wildman–Crippen MR) is 88.8 cm³/mol. The van der Waals surface area contributed by atoms with Crippen molar-refractivity contribution >= 4 is 27.4 Å². The molecule has 2 aromatic rings. The Morgan fingerprint density at radius 2 is 1.45 bits per heavy atom. The van der Waals surface area contributed by atoms with Crippen LogP contribution in [0.1, 0.15) is 10.4 Å². The van der Waals surface area contributed by atoms with E-state index in [1.807, 2.05) is 36.4 Å². The van der Waals surface area contributed by atoms with Crippen molar-refractivity contribution in [3.05, 3.63) is 76.7 Å². The van der Waals surface area contributed by atoms with Crippen LogP contribution < -0.4 is 0 Å². The van der Waals surface area contributed by atoms with Crippen LogP contribution in [0.25, 0.3) is 0 Å². The van der Waals surface area contributed by atoms with Crippen molar-refractivity contribution in [2.45, 2.75) is 4.90 Å². The van der Waals surface area contributed by atoms with Crippen molar-refractivity contribution in [1.29, 1.82) is 0 Å². The van der Waals surface area contributed by atoms with Gasteiger partial charge in [0.25, 0.3) is 0 Å². The Bertz CT molecular complexity index is 823. The van der Waals surface area contributed by atoms with Crippen molar-refractivity contribution in [2.75, 3.05) is 11.5 Å². The summed E-state index contributed by atoms with van der Waals surface area (Å²) in [5.74, 6) is -0.420. The number of thioether (sulfide) groups is 1. The van der Waals surface area contributed by atoms with E-state index in [2.05, 4.69) is 0 Å². The molecule has 1 aliphatic heterocycles. The van der Waals surface area contributed by atoms with Crippen LogP contribution in [0.2, 0.25) is 0 Å². The molecule has 2 aromatic carbocycles. The lowest BCUT2D eigenvalue weighted by molar-refractivity contribution is 0.103. The molecule has 0 saturated heterocycles. The van der Waals surface area contributed by atoms with Gasteiger partial charge in [-0.15, -0.1) is 0 Å². The lowest BCUT2D eigenvalue weighted by Gasteiger charge is -2.05. The number of rotatable bonds is 4. The number of Topliss-reactive ketones (excluding diaryl/α,β-unsaturated/α-hetero) is 1. The molecule has 3 nitrogen and oxygen atoms in total. The van der Waals surface area contributed by atoms with E-state index in [0.29, 0.717) is 16.0 Å². The van der Waals surface area contributed by atoms with E-state index in [1.54, 1.807) is 24.3 Å². The van der Waals surface area contributed by atoms with Crippen molar-refractivity contribution in [3.63, 3.8) is 0 Å². The number of ketones is 1. The zero-order chi connectivity index (χ0) is 15.6. The summed E-state index contributed by atoms with van der Waals surface area (Å²) in [6.07, 6.45) is 0. The quantitative estimate of drug-likeness (QED) is 0.807. The second-order valence-corrected chi connectivity index (χ2v) is 8.28. The molecule has 0 saturated carbocycles. The van der Waals surface area contributed by atoms with Gasteiger partial charge >= 0.3 is 0 Å². The van der Waals surface area contributed by atoms with E-state index < -0.39 is 9.84 Å². The maximum absolute atomic E-state index is 12.6. The molecular formula is C17H14O3S2. The molecule has 1 aliphatic rings. The van der Waals surface area contributed by atoms with Crippen molar-refractivity contribution in [1.82, 2.24) is 0 Å². The van der Waals surface area contributed by atoms with Crippen molar-refractivity contribution in [3.8, 4) is 0 Å². The summed E-state index contributed by atoms with van der Waals surface area (Å²) >= 11 is 1.36. The molecule has 3 rings (SSSR count). The fraction of sp³-hybridized carbons (Fsp3) is 0.118. The molecule has 5 heteroatoms. The Labute approximate surface area is 134 Å². The van der Waals surface area contributed by atoms with E-state index in [9.17, 15) is 13.2 Å². The van der Waals surface area contributed by atoms with Crippen LogP contribution >= 0.6 is 11.8 Å². The number of benzene rings is 2. The average molecular weight is 330 g/mol. The third-order valence-corrected chi connectivity index (χ3v) is 6.13. The van der Waals surface area contributed by atoms with Crippen molar-refractivity contribution < 1.29 is 13.2 Å². The Hall–Kier alpha value is -1.85. The van der Waals surface area contributed by atoms with Gasteiger partial charge in [-0.3, -0.25) is 4.79 Å². The van der Waals surface area contributed by atoms with Gasteiger partial charge in [0, 0.05) is 20.9 Å². The number of carbonyl (C=O) groups excluding carboxylic acids is 1. The Morgan fingerprint density at radius 3 is 2.09 bits per heavy atom. The minimum absolute atomic E-state index is 0.0551. The highest BCUT2D eigenvalue weighted by Gasteiger charge is 2.32. The predicted octanol–water partition coefficient (Wildman–Crippen LogP) is 3.34. The molecule has 0 aromatic heterocycles. The summed E-state index contributed by atoms with van der Waals surface area (Å²) in [6.45, 7) is 0. The first-order valence-corrected chi connectivity index (χ1v) is 9.44. The Morgan fingerprint density at radius 1 is 0.864 bits per heavy atom. The zero-order valence-corrected chi connectivity index (χ0v) is 13.4. The topological polar surface area (TPSA) is 51.2 Å². The maximum Gasteiger partial charge on any atom is 0.190 e. The minimum atomic E-state index is -3.23. The van der Waals surface area contributed by atoms with E-state index in [0.717, 1.165) is 4.90 Å². The summed E-state index contributed by atoms with van der Waals surface area (Å²) in [6, 6.07) is 18.3. The molecule has 0 amide bonds. The van der Waals surface area contributed by atoms with Gasteiger partial charge in [0.05, 0.1) is 11.5 Å². The molecular weight excluding hydrogens is 316 g/mol. The average Bonchev–Trinajstić information content (AvgIpc) is 2.83. The Balaban J connectivity index is 1.97. The largest absolute Gasteiger partial charge is 0.289 e. The van der Waals surface area contributed by atoms with Crippen molar-refractivity contribution in [2.24, 2.45) is 0 Å². The first kappa shape index (κ1) is 15.1. The van der Waals surface area contributed by atoms with Crippen LogP contribution in [0.5, 0.6) is 0 Å². The number of carbonyl (C=O) groups is 1. The fourth-order valence-electron chi connectivity index (χ4n) is 2.32. The third-order valence-electron chi connectivity index (χ3n) is 3.35. The SMILES string of the molecule is O=C(C1=C(Sc2ccccc2)CS(=O)(=O)C1)c1ccccc1. The highest BCUT2D eigenvalue weighted by Crippen LogP contribution is 2.35. The Kier molecular flexibility index (Phi) is 4.18. The van der Waals surface area contributed by atoms with Crippen LogP contribution in [-0.2, 0) is 9.84 Å². The molecule has 0 fully saturated rings. The summed E-state index contributed by atoms with van der Waals surface area (Å²) < 4.78 is 23.9. The first-order chi connectivity index (χ1) is 10.6. The van der Waals surface area contributed by atoms with E-state index in [4.69, 9.17) is 0 Å². The second-order valence-electron chi connectivity index (χ2n) is 5.04. The first-order valence-electron chi connectivity index (χ1n) is 6.80. The lowest BCUT2D eigenvalue weighted by Crippen LogP contribution is -2.09. The maximum atomic E-state index is 12.6. The molecule has 0 bridgehead atoms. The van der Waals surface area contributed by atoms with Crippen LogP contribution in [0.15, 0.2) is 76.0 Å². The van der Waals surface area contributed by atoms with Crippen LogP contribution in [0, 0.1) is 0 Å². The summed E-state index contributed by atoms with van der Waals surface area (Å²) in [5.41, 5.74) is 0.931. The number of hydrogen-bond donors (Lipinski definition) is 0. The standard InChI is InChI=1S/C17H14O3S2/c18-17(13-7-3-1-4-8-13)15-11-22(19,20)12-16(15)21-14-9-5-2-6-10-14/h1-10H,11-12H2. The smallest absolute Gasteiger partial charge is 0.190 e. The number of hydrogen-bond acceptors (Lipinski definition) is 4. The zero-order valence-electron chi connectivity index (χ0n) is 11.7. The molecule has 22 heavy (non-hydrogen) atoms. The second kappa shape index (κ2) is 6.10. The van der Waals surface area contributed by atoms with Gasteiger partial charge in [-0.05, 0) is 12.1 Å². The molecule has 1 heterocycles. The van der Waals surface area contributed by atoms with E-state index >= 15 is 0 Å². The lowest BCUT2D eigenvalue weighted by atomic mass is 10.1. The van der Waals surface area contributed by atoms with Gasteiger partial charge < -0.3 is 0 Å². The number of sulfone groups is 1. The van der Waals surface area contributed by atoms with E-state index in [1.165, 1.54) is 11.8 Å². The normalized spacial score (nSPS) is 16.7. The summed E-state index contributed by atoms with van der Waals surface area (Å²) in [4.78, 5) is 14.2. The highest BCUT2D eigenvalue weighted by molar-refractivity contribution is 8.05. The van der Waals surface area contributed by atoms with Crippen LogP contribution in [-0.4, -0.2) is 25.7 Å². The molecule has 112 valence electrons. The molecule has 0 aliphatic carbocycles. The third kappa shape index (κ3) is 3.31. The van der Waals surface area contributed by atoms with Gasteiger partial charge in [0.1, 0.15) is 0 Å². The van der Waals surface area contributed by atoms with Gasteiger partial charge in [-0.25, -0.2) is 8.42 Å². The minimum Gasteiger partial charge on any atom is -0.289 e. The van der Waals surface area contributed by atoms with Gasteiger partial charge in [0.15, 0.2) is 15.6 Å². The van der Waals surface area contributed by atoms with Gasteiger partial charge in [0.2, 0.25) is 0 Å². The fourth-order valence-corrected chi connectivity index (χ4v) is 5.47. The van der Waals surface area contributed by atoms with Crippen LogP contribution in [0.4, 0.5) is 0 Å². The molecule has 0 unspecified atom stereocenters. The molecule has 0 N–H and O–H groups in total. The summed E-state index contributed by atoms with van der Waals surface area (Å²) in [7, 11) is -3.23. The van der Waals surface area contributed by atoms with Gasteiger partial charge in [-0.1, -0.05) is 60.3 Å². The molecule has 0 spiro atoms. The molecule has 0 atom stereocenters. The van der Waals surface area contributed by atoms with E-state index in [-0.39, 0.29) is 17.3 Å². The molecule has 0 radical (unpaired) electrons. The van der Waals surface area contributed by atoms with Gasteiger partial charge in [-0.2, -0.15) is 0 Å².